The molecule has 1 aliphatic rings. The zero-order valence-electron chi connectivity index (χ0n) is 37.0. The van der Waals surface area contributed by atoms with Gasteiger partial charge in [0.2, 0.25) is 0 Å². The molecular weight excluding hydrogens is 813 g/mol. The Morgan fingerprint density at radius 1 is 0.418 bits per heavy atom. The fourth-order valence-corrected chi connectivity index (χ4v) is 11.1. The molecule has 67 heavy (non-hydrogen) atoms. The van der Waals surface area contributed by atoms with Crippen LogP contribution < -0.4 is 9.80 Å². The number of para-hydroxylation sites is 4. The second kappa shape index (κ2) is 15.5. The second-order valence-corrected chi connectivity index (χ2v) is 17.6. The second-order valence-electron chi connectivity index (χ2n) is 17.6. The number of anilines is 6. The van der Waals surface area contributed by atoms with Gasteiger partial charge in [0.05, 0.1) is 22.5 Å². The van der Waals surface area contributed by atoms with Crippen LogP contribution in [0.3, 0.4) is 0 Å². The van der Waals surface area contributed by atoms with Crippen molar-refractivity contribution in [3.63, 3.8) is 0 Å². The number of nitrogens with zero attached hydrogens (tertiary/aromatic N) is 2. The molecule has 3 nitrogen and oxygen atoms in total. The van der Waals surface area contributed by atoms with Gasteiger partial charge in [-0.2, -0.15) is 0 Å². The van der Waals surface area contributed by atoms with Gasteiger partial charge in [-0.15, -0.1) is 0 Å². The van der Waals surface area contributed by atoms with Gasteiger partial charge in [-0.3, -0.25) is 0 Å². The van der Waals surface area contributed by atoms with Crippen molar-refractivity contribution < 1.29 is 4.42 Å². The molecule has 0 spiro atoms. The third kappa shape index (κ3) is 5.98. The Morgan fingerprint density at radius 3 is 1.70 bits per heavy atom. The van der Waals surface area contributed by atoms with E-state index in [0.29, 0.717) is 0 Å². The van der Waals surface area contributed by atoms with E-state index in [1.54, 1.807) is 0 Å². The van der Waals surface area contributed by atoms with Crippen molar-refractivity contribution in [3.05, 3.63) is 277 Å². The largest absolute Gasteiger partial charge is 0.456 e. The van der Waals surface area contributed by atoms with Crippen molar-refractivity contribution in [2.75, 3.05) is 9.80 Å². The minimum atomic E-state index is -0.721. The van der Waals surface area contributed by atoms with Crippen LogP contribution >= 0.6 is 0 Å². The number of fused-ring (bicyclic) bond motifs is 8. The number of furan rings is 1. The predicted molar refractivity (Wildman–Crippen MR) is 280 cm³/mol. The zero-order valence-corrected chi connectivity index (χ0v) is 37.0. The van der Waals surface area contributed by atoms with Crippen LogP contribution in [0.4, 0.5) is 34.1 Å². The van der Waals surface area contributed by atoms with Crippen LogP contribution in [-0.4, -0.2) is 0 Å². The van der Waals surface area contributed by atoms with Crippen molar-refractivity contribution >= 4 is 77.6 Å². The monoisotopic (exact) mass is 856 g/mol. The molecule has 316 valence electrons. The highest BCUT2D eigenvalue weighted by atomic mass is 16.3. The van der Waals surface area contributed by atoms with Gasteiger partial charge >= 0.3 is 0 Å². The van der Waals surface area contributed by atoms with E-state index in [2.05, 4.69) is 265 Å². The van der Waals surface area contributed by atoms with Crippen LogP contribution in [0.1, 0.15) is 27.8 Å². The molecule has 0 atom stereocenters. The van der Waals surface area contributed by atoms with Gasteiger partial charge in [0.15, 0.2) is 0 Å². The van der Waals surface area contributed by atoms with Gasteiger partial charge in [0, 0.05) is 38.8 Å². The molecule has 0 fully saturated rings. The first-order valence-corrected chi connectivity index (χ1v) is 23.1. The van der Waals surface area contributed by atoms with Crippen molar-refractivity contribution in [1.29, 1.82) is 0 Å². The molecular formula is C64H44N2O. The molecule has 0 saturated heterocycles. The maximum atomic E-state index is 7.06. The fourth-order valence-electron chi connectivity index (χ4n) is 11.1. The maximum absolute atomic E-state index is 7.06. The zero-order chi connectivity index (χ0) is 44.5. The molecule has 0 N–H and O–H groups in total. The lowest BCUT2D eigenvalue weighted by Crippen LogP contribution is -2.37. The van der Waals surface area contributed by atoms with Crippen LogP contribution in [0.15, 0.2) is 253 Å². The summed E-state index contributed by atoms with van der Waals surface area (Å²) in [6, 6.07) is 90.5. The van der Waals surface area contributed by atoms with E-state index in [4.69, 9.17) is 4.42 Å². The summed E-state index contributed by atoms with van der Waals surface area (Å²) in [5.74, 6) is 0. The lowest BCUT2D eigenvalue weighted by molar-refractivity contribution is 0.644. The summed E-state index contributed by atoms with van der Waals surface area (Å²) in [5, 5.41) is 7.09. The topological polar surface area (TPSA) is 19.6 Å². The third-order valence-electron chi connectivity index (χ3n) is 14.0. The molecule has 1 aliphatic heterocycles. The highest BCUT2D eigenvalue weighted by molar-refractivity contribution is 6.20. The van der Waals surface area contributed by atoms with Crippen molar-refractivity contribution in [2.45, 2.75) is 12.3 Å². The quantitative estimate of drug-likeness (QED) is 0.159. The molecule has 0 radical (unpaired) electrons. The lowest BCUT2D eigenvalue weighted by atomic mass is 9.62. The SMILES string of the molecule is Cc1ccccc1N(c1ccc(-c2ccc(N3c4ccccc4C(c4ccccc4)(c4cc5ccccc5c5c4oc4ccccc45)c4ccccc43)cc2)cc1)c1cccc2ccccc12. The van der Waals surface area contributed by atoms with Gasteiger partial charge in [-0.1, -0.05) is 188 Å². The van der Waals surface area contributed by atoms with E-state index in [1.807, 2.05) is 0 Å². The highest BCUT2D eigenvalue weighted by Gasteiger charge is 2.48. The minimum absolute atomic E-state index is 0.721. The Balaban J connectivity index is 0.949. The first-order chi connectivity index (χ1) is 33.2. The van der Waals surface area contributed by atoms with Crippen molar-refractivity contribution in [2.24, 2.45) is 0 Å². The first kappa shape index (κ1) is 38.8. The molecule has 0 saturated carbocycles. The van der Waals surface area contributed by atoms with Crippen LogP contribution in [0.25, 0.3) is 54.6 Å². The molecule has 0 bridgehead atoms. The summed E-state index contributed by atoms with van der Waals surface area (Å²) in [6.07, 6.45) is 0. The average Bonchev–Trinajstić information content (AvgIpc) is 3.79. The number of rotatable bonds is 7. The molecule has 0 amide bonds. The Hall–Kier alpha value is -8.66. The summed E-state index contributed by atoms with van der Waals surface area (Å²) >= 11 is 0. The maximum Gasteiger partial charge on any atom is 0.140 e. The molecule has 0 unspecified atom stereocenters. The Labute approximate surface area is 390 Å². The van der Waals surface area contributed by atoms with Crippen LogP contribution in [0.2, 0.25) is 0 Å². The van der Waals surface area contributed by atoms with Gasteiger partial charge in [0.1, 0.15) is 11.2 Å². The number of hydrogen-bond acceptors (Lipinski definition) is 3. The summed E-state index contributed by atoms with van der Waals surface area (Å²) in [4.78, 5) is 4.84. The average molecular weight is 857 g/mol. The first-order valence-electron chi connectivity index (χ1n) is 23.1. The number of hydrogen-bond donors (Lipinski definition) is 0. The summed E-state index contributed by atoms with van der Waals surface area (Å²) < 4.78 is 7.06. The highest BCUT2D eigenvalue weighted by Crippen LogP contribution is 2.59. The standard InChI is InChI=1S/C64H44N2O/c1-43-18-5-13-29-57(43)65(58-32-17-21-46-19-6-8-24-51(46)58)49-38-34-44(35-39-49)45-36-40-50(41-37-45)66-59-30-14-11-27-54(59)64(48-22-3-2-4-23-48,55-28-12-15-31-60(55)66)56-42-47-20-7-9-25-52(47)62-53-26-10-16-33-61(53)67-63(56)62/h2-42H,1H3. The van der Waals surface area contributed by atoms with Gasteiger partial charge < -0.3 is 14.2 Å². The van der Waals surface area contributed by atoms with Crippen molar-refractivity contribution in [3.8, 4) is 11.1 Å². The van der Waals surface area contributed by atoms with E-state index >= 15 is 0 Å². The molecule has 2 heterocycles. The molecule has 13 rings (SSSR count). The van der Waals surface area contributed by atoms with Gasteiger partial charge in [0.25, 0.3) is 0 Å². The predicted octanol–water partition coefficient (Wildman–Crippen LogP) is 17.5. The Kier molecular flexibility index (Phi) is 8.97. The molecule has 12 aromatic rings. The summed E-state index contributed by atoms with van der Waals surface area (Å²) in [7, 11) is 0. The summed E-state index contributed by atoms with van der Waals surface area (Å²) in [6.45, 7) is 2.19. The lowest BCUT2D eigenvalue weighted by Gasteiger charge is -2.46. The molecule has 11 aromatic carbocycles. The number of benzene rings is 11. The smallest absolute Gasteiger partial charge is 0.140 e. The third-order valence-corrected chi connectivity index (χ3v) is 14.0. The minimum Gasteiger partial charge on any atom is -0.456 e. The fraction of sp³-hybridized carbons (Fsp3) is 0.0312. The number of aryl methyl sites for hydroxylation is 1. The van der Waals surface area contributed by atoms with Gasteiger partial charge in [-0.05, 0) is 117 Å². The summed E-state index contributed by atoms with van der Waals surface area (Å²) in [5.41, 5.74) is 16.1. The van der Waals surface area contributed by atoms with E-state index in [-0.39, 0.29) is 0 Å². The van der Waals surface area contributed by atoms with E-state index in [1.165, 1.54) is 43.8 Å². The van der Waals surface area contributed by atoms with Gasteiger partial charge in [-0.25, -0.2) is 0 Å². The van der Waals surface area contributed by atoms with Crippen LogP contribution in [0.5, 0.6) is 0 Å². The molecule has 0 aliphatic carbocycles. The normalized spacial score (nSPS) is 12.9. The van der Waals surface area contributed by atoms with E-state index in [9.17, 15) is 0 Å². The van der Waals surface area contributed by atoms with Crippen molar-refractivity contribution in [1.82, 2.24) is 0 Å². The van der Waals surface area contributed by atoms with E-state index < -0.39 is 5.41 Å². The Morgan fingerprint density at radius 2 is 0.970 bits per heavy atom. The molecule has 1 aromatic heterocycles. The van der Waals surface area contributed by atoms with Crippen LogP contribution in [-0.2, 0) is 5.41 Å². The Bertz CT molecular complexity index is 3780. The van der Waals surface area contributed by atoms with E-state index in [0.717, 1.165) is 72.8 Å². The van der Waals surface area contributed by atoms with Crippen LogP contribution in [0, 0.1) is 6.92 Å². The molecule has 3 heteroatoms.